The summed E-state index contributed by atoms with van der Waals surface area (Å²) in [6.45, 7) is 3.38. The highest BCUT2D eigenvalue weighted by atomic mass is 32.1. The Bertz CT molecular complexity index is 526. The summed E-state index contributed by atoms with van der Waals surface area (Å²) in [7, 11) is 1.98. The molecular formula is C13H17N3OS. The van der Waals surface area contributed by atoms with Crippen LogP contribution in [0.1, 0.15) is 0 Å². The number of hydrogen-bond donors (Lipinski definition) is 1. The Hall–Kier alpha value is -1.17. The lowest BCUT2D eigenvalue weighted by molar-refractivity contribution is 0.0941. The van der Waals surface area contributed by atoms with Gasteiger partial charge in [-0.3, -0.25) is 0 Å². The van der Waals surface area contributed by atoms with E-state index in [0.29, 0.717) is 6.04 Å². The first kappa shape index (κ1) is 11.9. The Morgan fingerprint density at radius 1 is 1.56 bits per heavy atom. The quantitative estimate of drug-likeness (QED) is 0.915. The molecule has 0 aromatic carbocycles. The highest BCUT2D eigenvalue weighted by molar-refractivity contribution is 7.17. The summed E-state index contributed by atoms with van der Waals surface area (Å²) in [6.07, 6.45) is 1.90. The molecule has 1 N–H and O–H groups in total. The number of rotatable bonds is 3. The molecule has 1 aliphatic rings. The Balaban J connectivity index is 1.98. The van der Waals surface area contributed by atoms with E-state index >= 15 is 0 Å². The van der Waals surface area contributed by atoms with Gasteiger partial charge in [-0.1, -0.05) is 0 Å². The maximum absolute atomic E-state index is 5.57. The molecule has 3 heterocycles. The maximum atomic E-state index is 5.57. The summed E-state index contributed by atoms with van der Waals surface area (Å²) in [5.41, 5.74) is 0. The van der Waals surface area contributed by atoms with Crippen molar-refractivity contribution in [1.82, 2.24) is 10.3 Å². The Labute approximate surface area is 111 Å². The smallest absolute Gasteiger partial charge is 0.137 e. The van der Waals surface area contributed by atoms with Crippen molar-refractivity contribution in [2.24, 2.45) is 0 Å². The van der Waals surface area contributed by atoms with Crippen LogP contribution in [0.25, 0.3) is 10.1 Å². The molecule has 0 aliphatic carbocycles. The van der Waals surface area contributed by atoms with Crippen LogP contribution < -0.4 is 10.2 Å². The van der Waals surface area contributed by atoms with Crippen molar-refractivity contribution in [3.8, 4) is 0 Å². The third-order valence-electron chi connectivity index (χ3n) is 3.30. The molecule has 1 saturated heterocycles. The number of likely N-dealkylation sites (N-methyl/N-ethyl adjacent to an activating group) is 1. The summed E-state index contributed by atoms with van der Waals surface area (Å²) in [5, 5.41) is 6.62. The van der Waals surface area contributed by atoms with Crippen LogP contribution in [-0.2, 0) is 4.74 Å². The van der Waals surface area contributed by atoms with Crippen LogP contribution in [0.15, 0.2) is 23.7 Å². The fraction of sp³-hybridized carbons (Fsp3) is 0.462. The molecule has 0 amide bonds. The minimum absolute atomic E-state index is 0.363. The van der Waals surface area contributed by atoms with Gasteiger partial charge in [-0.05, 0) is 24.6 Å². The lowest BCUT2D eigenvalue weighted by atomic mass is 10.2. The number of ether oxygens (including phenoxy) is 1. The first-order valence-corrected chi connectivity index (χ1v) is 7.09. The molecule has 4 nitrogen and oxygen atoms in total. The molecule has 0 bridgehead atoms. The summed E-state index contributed by atoms with van der Waals surface area (Å²) < 4.78 is 6.87. The van der Waals surface area contributed by atoms with Crippen LogP contribution in [0.5, 0.6) is 0 Å². The van der Waals surface area contributed by atoms with Gasteiger partial charge in [-0.25, -0.2) is 4.98 Å². The first-order valence-electron chi connectivity index (χ1n) is 6.21. The normalized spacial score (nSPS) is 20.5. The van der Waals surface area contributed by atoms with Gasteiger partial charge in [0, 0.05) is 29.4 Å². The number of nitrogens with zero attached hydrogens (tertiary/aromatic N) is 2. The number of anilines is 1. The standard InChI is InChI=1S/C13H17N3OS/c1-14-8-10-9-17-6-5-16(10)13-11-3-7-18-12(11)2-4-15-13/h2-4,7,10,14H,5-6,8-9H2,1H3. The largest absolute Gasteiger partial charge is 0.377 e. The van der Waals surface area contributed by atoms with Crippen molar-refractivity contribution in [1.29, 1.82) is 0 Å². The van der Waals surface area contributed by atoms with Crippen LogP contribution in [0, 0.1) is 0 Å². The van der Waals surface area contributed by atoms with Gasteiger partial charge in [-0.15, -0.1) is 11.3 Å². The molecule has 2 aromatic rings. The molecule has 0 radical (unpaired) electrons. The van der Waals surface area contributed by atoms with E-state index in [-0.39, 0.29) is 0 Å². The minimum atomic E-state index is 0.363. The molecular weight excluding hydrogens is 246 g/mol. The van der Waals surface area contributed by atoms with E-state index < -0.39 is 0 Å². The van der Waals surface area contributed by atoms with E-state index in [1.54, 1.807) is 11.3 Å². The van der Waals surface area contributed by atoms with Crippen LogP contribution >= 0.6 is 11.3 Å². The minimum Gasteiger partial charge on any atom is -0.377 e. The van der Waals surface area contributed by atoms with E-state index in [1.807, 2.05) is 13.2 Å². The van der Waals surface area contributed by atoms with Crippen molar-refractivity contribution in [3.05, 3.63) is 23.7 Å². The second-order valence-electron chi connectivity index (χ2n) is 4.45. The van der Waals surface area contributed by atoms with Crippen molar-refractivity contribution in [3.63, 3.8) is 0 Å². The second kappa shape index (κ2) is 5.22. The van der Waals surface area contributed by atoms with E-state index in [1.165, 1.54) is 10.1 Å². The van der Waals surface area contributed by atoms with Crippen LogP contribution in [0.3, 0.4) is 0 Å². The Morgan fingerprint density at radius 2 is 2.50 bits per heavy atom. The number of morpholine rings is 1. The van der Waals surface area contributed by atoms with Crippen LogP contribution in [0.4, 0.5) is 5.82 Å². The van der Waals surface area contributed by atoms with Crippen LogP contribution in [0.2, 0.25) is 0 Å². The van der Waals surface area contributed by atoms with Gasteiger partial charge < -0.3 is 15.0 Å². The fourth-order valence-corrected chi connectivity index (χ4v) is 3.22. The van der Waals surface area contributed by atoms with Gasteiger partial charge in [0.1, 0.15) is 5.82 Å². The SMILES string of the molecule is CNCC1COCCN1c1nccc2sccc12. The van der Waals surface area contributed by atoms with Gasteiger partial charge in [0.05, 0.1) is 19.3 Å². The molecule has 0 spiro atoms. The van der Waals surface area contributed by atoms with E-state index in [9.17, 15) is 0 Å². The molecule has 5 heteroatoms. The number of pyridine rings is 1. The highest BCUT2D eigenvalue weighted by Crippen LogP contribution is 2.30. The molecule has 96 valence electrons. The average molecular weight is 263 g/mol. The Kier molecular flexibility index (Phi) is 3.45. The van der Waals surface area contributed by atoms with Gasteiger partial charge in [0.2, 0.25) is 0 Å². The summed E-state index contributed by atoms with van der Waals surface area (Å²) in [5.74, 6) is 1.09. The summed E-state index contributed by atoms with van der Waals surface area (Å²) in [6, 6.07) is 4.60. The van der Waals surface area contributed by atoms with Crippen molar-refractivity contribution >= 4 is 27.2 Å². The molecule has 2 aromatic heterocycles. The topological polar surface area (TPSA) is 37.4 Å². The molecule has 1 fully saturated rings. The van der Waals surface area contributed by atoms with Gasteiger partial charge in [0.25, 0.3) is 0 Å². The number of hydrogen-bond acceptors (Lipinski definition) is 5. The van der Waals surface area contributed by atoms with Crippen LogP contribution in [-0.4, -0.2) is 44.4 Å². The number of nitrogens with one attached hydrogen (secondary N) is 1. The van der Waals surface area contributed by atoms with E-state index in [4.69, 9.17) is 4.74 Å². The van der Waals surface area contributed by atoms with E-state index in [0.717, 1.165) is 32.1 Å². The lowest BCUT2D eigenvalue weighted by Crippen LogP contribution is -2.50. The lowest BCUT2D eigenvalue weighted by Gasteiger charge is -2.36. The van der Waals surface area contributed by atoms with Crippen molar-refractivity contribution in [2.75, 3.05) is 38.3 Å². The number of thiophene rings is 1. The van der Waals surface area contributed by atoms with E-state index in [2.05, 4.69) is 32.7 Å². The predicted molar refractivity (Wildman–Crippen MR) is 75.5 cm³/mol. The van der Waals surface area contributed by atoms with Gasteiger partial charge >= 0.3 is 0 Å². The van der Waals surface area contributed by atoms with Crippen molar-refractivity contribution < 1.29 is 4.74 Å². The monoisotopic (exact) mass is 263 g/mol. The number of aromatic nitrogens is 1. The molecule has 1 atom stereocenters. The third kappa shape index (κ3) is 2.09. The number of fused-ring (bicyclic) bond motifs is 1. The third-order valence-corrected chi connectivity index (χ3v) is 4.18. The van der Waals surface area contributed by atoms with Gasteiger partial charge in [-0.2, -0.15) is 0 Å². The first-order chi connectivity index (χ1) is 8.90. The molecule has 3 rings (SSSR count). The second-order valence-corrected chi connectivity index (χ2v) is 5.39. The zero-order valence-corrected chi connectivity index (χ0v) is 11.2. The fourth-order valence-electron chi connectivity index (χ4n) is 2.45. The summed E-state index contributed by atoms with van der Waals surface area (Å²) >= 11 is 1.77. The van der Waals surface area contributed by atoms with Gasteiger partial charge in [0.15, 0.2) is 0 Å². The highest BCUT2D eigenvalue weighted by Gasteiger charge is 2.24. The zero-order chi connectivity index (χ0) is 12.4. The zero-order valence-electron chi connectivity index (χ0n) is 10.4. The molecule has 18 heavy (non-hydrogen) atoms. The molecule has 0 saturated carbocycles. The predicted octanol–water partition coefficient (Wildman–Crippen LogP) is 1.72. The average Bonchev–Trinajstić information content (AvgIpc) is 2.88. The maximum Gasteiger partial charge on any atom is 0.137 e. The summed E-state index contributed by atoms with van der Waals surface area (Å²) in [4.78, 5) is 6.95. The molecule has 1 unspecified atom stereocenters. The van der Waals surface area contributed by atoms with Crippen molar-refractivity contribution in [2.45, 2.75) is 6.04 Å². The Morgan fingerprint density at radius 3 is 3.39 bits per heavy atom. The molecule has 1 aliphatic heterocycles.